The monoisotopic (exact) mass is 156 g/mol. The van der Waals surface area contributed by atoms with Crippen LogP contribution < -0.4 is 0 Å². The third-order valence-corrected chi connectivity index (χ3v) is 2.83. The van der Waals surface area contributed by atoms with Gasteiger partial charge in [-0.25, -0.2) is 0 Å². The Balaban J connectivity index is 2.48. The van der Waals surface area contributed by atoms with Crippen molar-refractivity contribution >= 4 is 22.9 Å². The van der Waals surface area contributed by atoms with Crippen LogP contribution in [0.2, 0.25) is 0 Å². The van der Waals surface area contributed by atoms with Crippen molar-refractivity contribution in [2.24, 2.45) is 11.8 Å². The van der Waals surface area contributed by atoms with Gasteiger partial charge in [0.2, 0.25) is 0 Å². The van der Waals surface area contributed by atoms with Gasteiger partial charge in [0.05, 0.1) is 0 Å². The zero-order valence-electron chi connectivity index (χ0n) is 6.85. The summed E-state index contributed by atoms with van der Waals surface area (Å²) >= 11 is 0. The lowest BCUT2D eigenvalue weighted by atomic mass is 9.94. The fourth-order valence-corrected chi connectivity index (χ4v) is 1.61. The van der Waals surface area contributed by atoms with Crippen molar-refractivity contribution < 1.29 is 4.79 Å². The maximum absolute atomic E-state index is 11.3. The molecule has 0 bridgehead atoms. The van der Waals surface area contributed by atoms with E-state index in [0.29, 0.717) is 11.7 Å². The molecule has 1 fully saturated rings. The highest BCUT2D eigenvalue weighted by Gasteiger charge is 2.50. The first-order chi connectivity index (χ1) is 4.45. The van der Waals surface area contributed by atoms with Crippen molar-refractivity contribution in [3.8, 4) is 0 Å². The zero-order valence-corrected chi connectivity index (χ0v) is 8.00. The topological polar surface area (TPSA) is 17.1 Å². The molecule has 3 heteroatoms. The van der Waals surface area contributed by atoms with Gasteiger partial charge in [-0.15, -0.1) is 9.24 Å². The van der Waals surface area contributed by atoms with E-state index in [9.17, 15) is 4.79 Å². The summed E-state index contributed by atoms with van der Waals surface area (Å²) in [6, 6.07) is 0. The summed E-state index contributed by atoms with van der Waals surface area (Å²) in [7, 11) is 4.89. The summed E-state index contributed by atoms with van der Waals surface area (Å²) in [5.74, 6) is 0.974. The standard InChI is InChI=1S/C7H14BOP/c1-4(2)6(9)5-3-7(5,8)10/h4-5H,3,8,10H2,1-2H3. The quantitative estimate of drug-likeness (QED) is 0.418. The van der Waals surface area contributed by atoms with Gasteiger partial charge >= 0.3 is 0 Å². The van der Waals surface area contributed by atoms with Crippen LogP contribution in [0, 0.1) is 11.8 Å². The molecule has 0 N–H and O–H groups in total. The minimum absolute atomic E-state index is 0.215. The number of hydrogen-bond donors (Lipinski definition) is 0. The van der Waals surface area contributed by atoms with E-state index in [4.69, 9.17) is 0 Å². The lowest BCUT2D eigenvalue weighted by Gasteiger charge is -2.04. The second-order valence-corrected chi connectivity index (χ2v) is 5.14. The largest absolute Gasteiger partial charge is 0.299 e. The highest BCUT2D eigenvalue weighted by Crippen LogP contribution is 2.49. The Bertz CT molecular complexity index is 165. The van der Waals surface area contributed by atoms with Gasteiger partial charge in [0, 0.05) is 11.8 Å². The number of rotatable bonds is 2. The third kappa shape index (κ3) is 1.42. The first-order valence-corrected chi connectivity index (χ1v) is 4.35. The van der Waals surface area contributed by atoms with E-state index in [1.165, 1.54) is 0 Å². The summed E-state index contributed by atoms with van der Waals surface area (Å²) in [6.07, 6.45) is 1.06. The van der Waals surface area contributed by atoms with Gasteiger partial charge in [-0.05, 0) is 11.5 Å². The van der Waals surface area contributed by atoms with E-state index in [2.05, 4.69) is 17.1 Å². The molecule has 0 heterocycles. The molecule has 3 atom stereocenters. The molecule has 0 radical (unpaired) electrons. The Labute approximate surface area is 65.6 Å². The number of Topliss-reactive ketones (excluding diaryl/α,β-unsaturated/α-hetero) is 1. The maximum Gasteiger partial charge on any atom is 0.138 e. The van der Waals surface area contributed by atoms with Crippen molar-refractivity contribution in [3.63, 3.8) is 0 Å². The number of ketones is 1. The summed E-state index contributed by atoms with van der Waals surface area (Å²) in [5.41, 5.74) is 0. The minimum atomic E-state index is 0.215. The fourth-order valence-electron chi connectivity index (χ4n) is 1.21. The molecule has 0 amide bonds. The van der Waals surface area contributed by atoms with Crippen LogP contribution in [0.4, 0.5) is 0 Å². The lowest BCUT2D eigenvalue weighted by Crippen LogP contribution is -2.15. The summed E-state index contributed by atoms with van der Waals surface area (Å²) in [6.45, 7) is 3.95. The highest BCUT2D eigenvalue weighted by molar-refractivity contribution is 7.23. The van der Waals surface area contributed by atoms with Crippen LogP contribution in [-0.2, 0) is 4.79 Å². The minimum Gasteiger partial charge on any atom is -0.299 e. The Morgan fingerprint density at radius 3 is 2.30 bits per heavy atom. The molecule has 1 rings (SSSR count). The van der Waals surface area contributed by atoms with E-state index in [0.717, 1.165) is 6.42 Å². The maximum atomic E-state index is 11.3. The van der Waals surface area contributed by atoms with Gasteiger partial charge in [-0.3, -0.25) is 4.79 Å². The lowest BCUT2D eigenvalue weighted by molar-refractivity contribution is -0.123. The average Bonchev–Trinajstić information content (AvgIpc) is 2.38. The van der Waals surface area contributed by atoms with Crippen molar-refractivity contribution in [2.45, 2.75) is 25.3 Å². The van der Waals surface area contributed by atoms with Gasteiger partial charge < -0.3 is 0 Å². The summed E-state index contributed by atoms with van der Waals surface area (Å²) in [4.78, 5) is 11.3. The number of carbonyl (C=O) groups is 1. The van der Waals surface area contributed by atoms with Crippen molar-refractivity contribution in [1.82, 2.24) is 0 Å². The van der Waals surface area contributed by atoms with Crippen LogP contribution in [0.25, 0.3) is 0 Å². The van der Waals surface area contributed by atoms with E-state index >= 15 is 0 Å². The smallest absolute Gasteiger partial charge is 0.138 e. The van der Waals surface area contributed by atoms with Crippen LogP contribution >= 0.6 is 9.24 Å². The molecule has 0 aliphatic heterocycles. The predicted molar refractivity (Wildman–Crippen MR) is 48.9 cm³/mol. The summed E-state index contributed by atoms with van der Waals surface area (Å²) in [5, 5.41) is 0.237. The molecule has 0 aromatic carbocycles. The normalized spacial score (nSPS) is 38.2. The molecule has 1 saturated carbocycles. The van der Waals surface area contributed by atoms with Crippen molar-refractivity contribution in [2.75, 3.05) is 0 Å². The average molecular weight is 156 g/mol. The summed E-state index contributed by atoms with van der Waals surface area (Å²) < 4.78 is 0. The molecule has 0 aromatic rings. The van der Waals surface area contributed by atoms with Crippen molar-refractivity contribution in [3.05, 3.63) is 0 Å². The van der Waals surface area contributed by atoms with E-state index < -0.39 is 0 Å². The van der Waals surface area contributed by atoms with Crippen molar-refractivity contribution in [1.29, 1.82) is 0 Å². The molecular weight excluding hydrogens is 142 g/mol. The third-order valence-electron chi connectivity index (χ3n) is 2.19. The predicted octanol–water partition coefficient (Wildman–Crippen LogP) is 0.436. The fraction of sp³-hybridized carbons (Fsp3) is 0.857. The Morgan fingerprint density at radius 2 is 2.20 bits per heavy atom. The number of hydrogen-bond acceptors (Lipinski definition) is 1. The molecule has 1 aliphatic rings. The van der Waals surface area contributed by atoms with Gasteiger partial charge in [-0.2, -0.15) is 0 Å². The van der Waals surface area contributed by atoms with E-state index in [1.807, 2.05) is 13.8 Å². The Kier molecular flexibility index (Phi) is 1.93. The van der Waals surface area contributed by atoms with Gasteiger partial charge in [0.15, 0.2) is 0 Å². The van der Waals surface area contributed by atoms with Gasteiger partial charge in [-0.1, -0.05) is 13.8 Å². The second-order valence-electron chi connectivity index (χ2n) is 3.82. The molecule has 0 saturated heterocycles. The molecule has 56 valence electrons. The van der Waals surface area contributed by atoms with Gasteiger partial charge in [0.25, 0.3) is 0 Å². The Hall–Kier alpha value is 0.165. The number of carbonyl (C=O) groups excluding carboxylic acids is 1. The van der Waals surface area contributed by atoms with Crippen LogP contribution in [0.15, 0.2) is 0 Å². The first-order valence-electron chi connectivity index (χ1n) is 3.78. The Morgan fingerprint density at radius 1 is 1.80 bits per heavy atom. The highest BCUT2D eigenvalue weighted by atomic mass is 31.0. The van der Waals surface area contributed by atoms with E-state index in [1.54, 1.807) is 0 Å². The van der Waals surface area contributed by atoms with Crippen LogP contribution in [0.5, 0.6) is 0 Å². The first kappa shape index (κ1) is 8.26. The van der Waals surface area contributed by atoms with Crippen LogP contribution in [-0.4, -0.2) is 18.7 Å². The molecule has 3 unspecified atom stereocenters. The molecular formula is C7H14BOP. The molecule has 1 aliphatic carbocycles. The molecule has 10 heavy (non-hydrogen) atoms. The molecule has 0 aromatic heterocycles. The van der Waals surface area contributed by atoms with E-state index in [-0.39, 0.29) is 11.0 Å². The van der Waals surface area contributed by atoms with Crippen LogP contribution in [0.3, 0.4) is 0 Å². The van der Waals surface area contributed by atoms with Gasteiger partial charge in [0.1, 0.15) is 13.6 Å². The SMILES string of the molecule is BC1(P)CC1C(=O)C(C)C. The molecule has 0 spiro atoms. The molecule has 1 nitrogen and oxygen atoms in total. The zero-order chi connectivity index (χ0) is 7.94. The second kappa shape index (κ2) is 2.34. The van der Waals surface area contributed by atoms with Crippen LogP contribution in [0.1, 0.15) is 20.3 Å².